The maximum atomic E-state index is 12.7. The van der Waals surface area contributed by atoms with Gasteiger partial charge in [0.05, 0.1) is 0 Å². The number of nitrogens with one attached hydrogen (secondary N) is 2. The maximum Gasteiger partial charge on any atom is 0.410 e. The molecular formula is C24H37N3O5. The predicted octanol–water partition coefficient (Wildman–Crippen LogP) is 3.99. The minimum atomic E-state index is -0.715. The number of alkyl carbamates (subject to hydrolysis) is 1. The Hall–Kier alpha value is -2.77. The van der Waals surface area contributed by atoms with E-state index < -0.39 is 17.7 Å². The van der Waals surface area contributed by atoms with Gasteiger partial charge in [-0.25, -0.2) is 9.59 Å². The van der Waals surface area contributed by atoms with Gasteiger partial charge in [0.15, 0.2) is 0 Å². The van der Waals surface area contributed by atoms with Gasteiger partial charge in [-0.15, -0.1) is 0 Å². The number of amides is 3. The van der Waals surface area contributed by atoms with Crippen LogP contribution in [0.25, 0.3) is 0 Å². The third-order valence-corrected chi connectivity index (χ3v) is 5.05. The Morgan fingerprint density at radius 2 is 1.75 bits per heavy atom. The molecule has 0 radical (unpaired) electrons. The monoisotopic (exact) mass is 447 g/mol. The molecule has 8 heteroatoms. The van der Waals surface area contributed by atoms with E-state index in [9.17, 15) is 14.4 Å². The summed E-state index contributed by atoms with van der Waals surface area (Å²) in [7, 11) is 0. The standard InChI is InChI=1S/C24H37N3O5/c1-24(2,3)32-22(29)26-20-14-11-17-27(16-10-5-4-9-15-25-21(20)28)23(30)31-18-19-12-7-6-8-13-19/h6-8,12-13,20H,4-5,9-11,14-18H2,1-3H3,(H,25,28)(H,26,29). The average molecular weight is 448 g/mol. The minimum Gasteiger partial charge on any atom is -0.445 e. The number of benzene rings is 1. The molecule has 3 amide bonds. The minimum absolute atomic E-state index is 0.224. The van der Waals surface area contributed by atoms with Crippen molar-refractivity contribution in [3.8, 4) is 0 Å². The summed E-state index contributed by atoms with van der Waals surface area (Å²) < 4.78 is 10.8. The van der Waals surface area contributed by atoms with Crippen molar-refractivity contribution in [2.75, 3.05) is 19.6 Å². The van der Waals surface area contributed by atoms with Crippen molar-refractivity contribution < 1.29 is 23.9 Å². The van der Waals surface area contributed by atoms with Gasteiger partial charge < -0.3 is 25.0 Å². The first kappa shape index (κ1) is 25.5. The molecule has 2 rings (SSSR count). The number of ether oxygens (including phenoxy) is 2. The molecule has 2 N–H and O–H groups in total. The van der Waals surface area contributed by atoms with E-state index in [2.05, 4.69) is 10.6 Å². The van der Waals surface area contributed by atoms with Gasteiger partial charge in [0.1, 0.15) is 18.2 Å². The van der Waals surface area contributed by atoms with Crippen LogP contribution >= 0.6 is 0 Å². The summed E-state index contributed by atoms with van der Waals surface area (Å²) in [5.41, 5.74) is 0.286. The fourth-order valence-electron chi connectivity index (χ4n) is 3.43. The Bertz CT molecular complexity index is 733. The summed E-state index contributed by atoms with van der Waals surface area (Å²) in [6.45, 7) is 7.17. The zero-order chi connectivity index (χ0) is 23.4. The number of rotatable bonds is 3. The molecule has 1 aliphatic heterocycles. The van der Waals surface area contributed by atoms with Crippen molar-refractivity contribution in [1.82, 2.24) is 15.5 Å². The first-order valence-electron chi connectivity index (χ1n) is 11.5. The molecule has 32 heavy (non-hydrogen) atoms. The highest BCUT2D eigenvalue weighted by Crippen LogP contribution is 2.11. The normalized spacial score (nSPS) is 18.9. The number of nitrogens with zero attached hydrogens (tertiary/aromatic N) is 1. The molecule has 0 saturated carbocycles. The Labute approximate surface area is 191 Å². The molecule has 0 aromatic heterocycles. The zero-order valence-electron chi connectivity index (χ0n) is 19.5. The highest BCUT2D eigenvalue weighted by Gasteiger charge is 2.25. The lowest BCUT2D eigenvalue weighted by Crippen LogP contribution is -2.48. The molecule has 0 aliphatic carbocycles. The second-order valence-electron chi connectivity index (χ2n) is 9.07. The lowest BCUT2D eigenvalue weighted by Gasteiger charge is -2.25. The number of carbonyl (C=O) groups excluding carboxylic acids is 3. The molecule has 0 bridgehead atoms. The van der Waals surface area contributed by atoms with Crippen LogP contribution in [0.5, 0.6) is 0 Å². The zero-order valence-corrected chi connectivity index (χ0v) is 19.5. The molecule has 1 aromatic rings. The van der Waals surface area contributed by atoms with E-state index in [0.29, 0.717) is 32.5 Å². The Balaban J connectivity index is 1.96. The number of hydrogen-bond donors (Lipinski definition) is 2. The molecule has 178 valence electrons. The van der Waals surface area contributed by atoms with Crippen LogP contribution in [0.2, 0.25) is 0 Å². The second kappa shape index (κ2) is 12.9. The van der Waals surface area contributed by atoms with Gasteiger partial charge >= 0.3 is 12.2 Å². The van der Waals surface area contributed by atoms with Crippen molar-refractivity contribution in [2.24, 2.45) is 0 Å². The third kappa shape index (κ3) is 10.0. The average Bonchev–Trinajstić information content (AvgIpc) is 2.75. The first-order valence-corrected chi connectivity index (χ1v) is 11.5. The summed E-state index contributed by atoms with van der Waals surface area (Å²) in [4.78, 5) is 39.2. The van der Waals surface area contributed by atoms with Crippen LogP contribution in [0.4, 0.5) is 9.59 Å². The predicted molar refractivity (Wildman–Crippen MR) is 122 cm³/mol. The van der Waals surface area contributed by atoms with E-state index in [1.807, 2.05) is 30.3 Å². The fraction of sp³-hybridized carbons (Fsp3) is 0.625. The van der Waals surface area contributed by atoms with E-state index in [0.717, 1.165) is 31.2 Å². The van der Waals surface area contributed by atoms with Gasteiger partial charge in [0.25, 0.3) is 0 Å². The lowest BCUT2D eigenvalue weighted by atomic mass is 10.1. The maximum absolute atomic E-state index is 12.7. The number of carbonyl (C=O) groups is 3. The first-order chi connectivity index (χ1) is 15.2. The quantitative estimate of drug-likeness (QED) is 0.730. The van der Waals surface area contributed by atoms with E-state index in [1.165, 1.54) is 0 Å². The Kier molecular flexibility index (Phi) is 10.3. The number of hydrogen-bond acceptors (Lipinski definition) is 5. The van der Waals surface area contributed by atoms with Crippen molar-refractivity contribution >= 4 is 18.1 Å². The van der Waals surface area contributed by atoms with Crippen molar-refractivity contribution in [3.05, 3.63) is 35.9 Å². The van der Waals surface area contributed by atoms with Gasteiger partial charge in [-0.2, -0.15) is 0 Å². The summed E-state index contributed by atoms with van der Waals surface area (Å²) in [5, 5.41) is 5.57. The van der Waals surface area contributed by atoms with Crippen LogP contribution in [0.1, 0.15) is 64.9 Å². The molecule has 1 unspecified atom stereocenters. The highest BCUT2D eigenvalue weighted by atomic mass is 16.6. The van der Waals surface area contributed by atoms with E-state index >= 15 is 0 Å². The van der Waals surface area contributed by atoms with Crippen LogP contribution in [0, 0.1) is 0 Å². The molecule has 1 heterocycles. The van der Waals surface area contributed by atoms with E-state index in [4.69, 9.17) is 9.47 Å². The molecule has 8 nitrogen and oxygen atoms in total. The highest BCUT2D eigenvalue weighted by molar-refractivity contribution is 5.85. The van der Waals surface area contributed by atoms with Gasteiger partial charge in [-0.05, 0) is 52.0 Å². The van der Waals surface area contributed by atoms with Gasteiger partial charge in [0, 0.05) is 19.6 Å². The van der Waals surface area contributed by atoms with Gasteiger partial charge in [-0.3, -0.25) is 4.79 Å². The Morgan fingerprint density at radius 1 is 1.06 bits per heavy atom. The van der Waals surface area contributed by atoms with Gasteiger partial charge in [0.2, 0.25) is 5.91 Å². The molecule has 1 fully saturated rings. The van der Waals surface area contributed by atoms with Crippen molar-refractivity contribution in [3.63, 3.8) is 0 Å². The molecule has 1 aromatic carbocycles. The Morgan fingerprint density at radius 3 is 2.47 bits per heavy atom. The largest absolute Gasteiger partial charge is 0.445 e. The van der Waals surface area contributed by atoms with E-state index in [-0.39, 0.29) is 18.6 Å². The van der Waals surface area contributed by atoms with Crippen LogP contribution in [-0.4, -0.2) is 54.3 Å². The molecule has 1 atom stereocenters. The fourth-order valence-corrected chi connectivity index (χ4v) is 3.43. The van der Waals surface area contributed by atoms with Crippen LogP contribution in [0.3, 0.4) is 0 Å². The third-order valence-electron chi connectivity index (χ3n) is 5.05. The summed E-state index contributed by atoms with van der Waals surface area (Å²) in [6, 6.07) is 8.85. The SMILES string of the molecule is CC(C)(C)OC(=O)NC1CCCN(C(=O)OCc2ccccc2)CCCCCCNC1=O. The summed E-state index contributed by atoms with van der Waals surface area (Å²) in [6.07, 6.45) is 3.62. The summed E-state index contributed by atoms with van der Waals surface area (Å²) >= 11 is 0. The lowest BCUT2D eigenvalue weighted by molar-refractivity contribution is -0.123. The van der Waals surface area contributed by atoms with Crippen LogP contribution in [0.15, 0.2) is 30.3 Å². The van der Waals surface area contributed by atoms with Crippen LogP contribution < -0.4 is 10.6 Å². The molecule has 1 saturated heterocycles. The smallest absolute Gasteiger partial charge is 0.410 e. The molecule has 1 aliphatic rings. The van der Waals surface area contributed by atoms with Crippen LogP contribution in [-0.2, 0) is 20.9 Å². The van der Waals surface area contributed by atoms with Crippen molar-refractivity contribution in [1.29, 1.82) is 0 Å². The second-order valence-corrected chi connectivity index (χ2v) is 9.07. The van der Waals surface area contributed by atoms with Gasteiger partial charge in [-0.1, -0.05) is 43.2 Å². The molecule has 0 spiro atoms. The topological polar surface area (TPSA) is 97.0 Å². The molecular weight excluding hydrogens is 410 g/mol. The summed E-state index contributed by atoms with van der Waals surface area (Å²) in [5.74, 6) is -0.228. The van der Waals surface area contributed by atoms with Crippen molar-refractivity contribution in [2.45, 2.75) is 77.5 Å². The van der Waals surface area contributed by atoms with E-state index in [1.54, 1.807) is 25.7 Å².